The number of hydrogen-bond donors (Lipinski definition) is 1. The predicted octanol–water partition coefficient (Wildman–Crippen LogP) is 0.189. The molecule has 6 nitrogen and oxygen atoms in total. The maximum Gasteiger partial charge on any atom is 0.374 e. The zero-order valence-corrected chi connectivity index (χ0v) is 8.90. The Kier molecular flexibility index (Phi) is 9.30. The highest BCUT2D eigenvalue weighted by Crippen LogP contribution is 1.82. The summed E-state index contributed by atoms with van der Waals surface area (Å²) < 4.78 is 4.11. The summed E-state index contributed by atoms with van der Waals surface area (Å²) in [5.41, 5.74) is 0. The van der Waals surface area contributed by atoms with Crippen molar-refractivity contribution in [2.24, 2.45) is 0 Å². The molecular weight excluding hydrogens is 204 g/mol. The molecule has 86 valence electrons. The fraction of sp³-hybridized carbons (Fsp3) is 0.556. The number of hydrogen-bond acceptors (Lipinski definition) is 5. The molecule has 0 unspecified atom stereocenters. The smallest absolute Gasteiger partial charge is 0.374 e. The van der Waals surface area contributed by atoms with Gasteiger partial charge in [-0.1, -0.05) is 13.8 Å². The van der Waals surface area contributed by atoms with Crippen molar-refractivity contribution >= 4 is 23.5 Å². The van der Waals surface area contributed by atoms with E-state index < -0.39 is 23.5 Å². The maximum absolute atomic E-state index is 10.3. The van der Waals surface area contributed by atoms with Gasteiger partial charge in [-0.2, -0.15) is 0 Å². The third kappa shape index (κ3) is 8.61. The minimum Gasteiger partial charge on any atom is -0.476 e. The molecular formula is C9H14O6. The van der Waals surface area contributed by atoms with Gasteiger partial charge < -0.3 is 9.84 Å². The molecule has 1 N–H and O–H groups in total. The molecule has 0 aliphatic carbocycles. The Morgan fingerprint density at radius 3 is 1.47 bits per heavy atom. The summed E-state index contributed by atoms with van der Waals surface area (Å²) in [6.07, 6.45) is 0.294. The molecule has 0 saturated heterocycles. The molecule has 0 radical (unpaired) electrons. The Balaban J connectivity index is 0. The van der Waals surface area contributed by atoms with Crippen LogP contribution in [0.15, 0.2) is 0 Å². The minimum atomic E-state index is -1.34. The summed E-state index contributed by atoms with van der Waals surface area (Å²) in [7, 11) is 1.19. The molecule has 0 bridgehead atoms. The molecule has 0 aromatic heterocycles. The number of carbonyl (C=O) groups is 4. The molecule has 0 saturated carbocycles. The second-order valence-corrected chi connectivity index (χ2v) is 2.35. The van der Waals surface area contributed by atoms with Crippen molar-refractivity contribution in [3.8, 4) is 0 Å². The molecule has 6 heteroatoms. The molecule has 15 heavy (non-hydrogen) atoms. The maximum atomic E-state index is 10.3. The highest BCUT2D eigenvalue weighted by atomic mass is 16.5. The fourth-order valence-corrected chi connectivity index (χ4v) is 0.409. The summed E-state index contributed by atoms with van der Waals surface area (Å²) in [6, 6.07) is 0. The highest BCUT2D eigenvalue weighted by molar-refractivity contribution is 6.33. The van der Waals surface area contributed by atoms with Crippen LogP contribution >= 0.6 is 0 Å². The van der Waals surface area contributed by atoms with Gasteiger partial charge >= 0.3 is 11.9 Å². The van der Waals surface area contributed by atoms with E-state index in [-0.39, 0.29) is 12.8 Å². The first-order chi connectivity index (χ1) is 6.90. The molecule has 0 amide bonds. The van der Waals surface area contributed by atoms with Gasteiger partial charge in [0.15, 0.2) is 0 Å². The van der Waals surface area contributed by atoms with Crippen molar-refractivity contribution in [1.82, 2.24) is 0 Å². The summed E-state index contributed by atoms with van der Waals surface area (Å²) in [6.45, 7) is 3.12. The van der Waals surface area contributed by atoms with Gasteiger partial charge in [-0.05, 0) is 0 Å². The second kappa shape index (κ2) is 8.86. The molecule has 0 aliphatic rings. The van der Waals surface area contributed by atoms with E-state index in [0.29, 0.717) is 0 Å². The van der Waals surface area contributed by atoms with Gasteiger partial charge in [-0.15, -0.1) is 0 Å². The topological polar surface area (TPSA) is 97.7 Å². The number of rotatable bonds is 4. The number of esters is 1. The first-order valence-electron chi connectivity index (χ1n) is 4.27. The molecule has 0 atom stereocenters. The summed E-state index contributed by atoms with van der Waals surface area (Å²) >= 11 is 0. The number of ether oxygens (including phenoxy) is 1. The van der Waals surface area contributed by atoms with Gasteiger partial charge in [0.1, 0.15) is 0 Å². The van der Waals surface area contributed by atoms with E-state index in [2.05, 4.69) is 4.74 Å². The van der Waals surface area contributed by atoms with Crippen molar-refractivity contribution in [2.45, 2.75) is 26.7 Å². The van der Waals surface area contributed by atoms with Gasteiger partial charge in [0.2, 0.25) is 11.6 Å². The van der Waals surface area contributed by atoms with E-state index in [1.54, 1.807) is 6.92 Å². The Labute approximate surface area is 87.2 Å². The third-order valence-electron chi connectivity index (χ3n) is 1.29. The molecule has 0 spiro atoms. The average molecular weight is 218 g/mol. The largest absolute Gasteiger partial charge is 0.476 e. The number of ketones is 2. The first kappa shape index (κ1) is 15.7. The Morgan fingerprint density at radius 1 is 1.00 bits per heavy atom. The predicted molar refractivity (Wildman–Crippen MR) is 50.2 cm³/mol. The quantitative estimate of drug-likeness (QED) is 0.534. The minimum absolute atomic E-state index is 0.0787. The van der Waals surface area contributed by atoms with E-state index in [9.17, 15) is 19.2 Å². The van der Waals surface area contributed by atoms with Crippen molar-refractivity contribution < 1.29 is 29.0 Å². The Bertz CT molecular complexity index is 241. The van der Waals surface area contributed by atoms with Crippen LogP contribution in [-0.2, 0) is 23.9 Å². The monoisotopic (exact) mass is 218 g/mol. The van der Waals surface area contributed by atoms with Crippen LogP contribution in [0.3, 0.4) is 0 Å². The van der Waals surface area contributed by atoms with Crippen LogP contribution in [0.5, 0.6) is 0 Å². The molecule has 0 aliphatic heterocycles. The van der Waals surface area contributed by atoms with Crippen molar-refractivity contribution in [2.75, 3.05) is 7.11 Å². The lowest BCUT2D eigenvalue weighted by atomic mass is 10.3. The Hall–Kier alpha value is -1.72. The summed E-state index contributed by atoms with van der Waals surface area (Å²) in [4.78, 5) is 39.9. The van der Waals surface area contributed by atoms with Crippen molar-refractivity contribution in [1.29, 1.82) is 0 Å². The van der Waals surface area contributed by atoms with Crippen LogP contribution in [0, 0.1) is 0 Å². The van der Waals surface area contributed by atoms with E-state index in [4.69, 9.17) is 5.11 Å². The lowest BCUT2D eigenvalue weighted by Gasteiger charge is -1.90. The van der Waals surface area contributed by atoms with E-state index in [1.165, 1.54) is 14.0 Å². The van der Waals surface area contributed by atoms with Crippen molar-refractivity contribution in [3.05, 3.63) is 0 Å². The molecule has 0 heterocycles. The fourth-order valence-electron chi connectivity index (χ4n) is 0.409. The average Bonchev–Trinajstić information content (AvgIpc) is 2.26. The zero-order chi connectivity index (χ0) is 12.4. The van der Waals surface area contributed by atoms with Crippen LogP contribution in [0.25, 0.3) is 0 Å². The van der Waals surface area contributed by atoms with Gasteiger partial charge in [-0.3, -0.25) is 9.59 Å². The van der Waals surface area contributed by atoms with E-state index in [1.807, 2.05) is 0 Å². The number of carbonyl (C=O) groups excluding carboxylic acids is 3. The highest BCUT2D eigenvalue weighted by Gasteiger charge is 2.08. The lowest BCUT2D eigenvalue weighted by molar-refractivity contribution is -0.151. The normalized spacial score (nSPS) is 8.20. The van der Waals surface area contributed by atoms with Crippen molar-refractivity contribution in [3.63, 3.8) is 0 Å². The van der Waals surface area contributed by atoms with Crippen LogP contribution in [-0.4, -0.2) is 35.7 Å². The lowest BCUT2D eigenvalue weighted by Crippen LogP contribution is -2.13. The first-order valence-corrected chi connectivity index (χ1v) is 4.27. The van der Waals surface area contributed by atoms with Crippen LogP contribution < -0.4 is 0 Å². The number of aliphatic carboxylic acids is 1. The number of Topliss-reactive ketones (excluding diaryl/α,β-unsaturated/α-hetero) is 2. The molecule has 0 aromatic carbocycles. The van der Waals surface area contributed by atoms with Crippen LogP contribution in [0.2, 0.25) is 0 Å². The number of carboxylic acids is 1. The van der Waals surface area contributed by atoms with Crippen LogP contribution in [0.1, 0.15) is 26.7 Å². The van der Waals surface area contributed by atoms with E-state index >= 15 is 0 Å². The van der Waals surface area contributed by atoms with E-state index in [0.717, 1.165) is 0 Å². The number of methoxy groups -OCH3 is 1. The molecule has 0 rings (SSSR count). The molecule has 0 fully saturated rings. The van der Waals surface area contributed by atoms with Gasteiger partial charge in [-0.25, -0.2) is 9.59 Å². The van der Waals surface area contributed by atoms with Gasteiger partial charge in [0.05, 0.1) is 7.11 Å². The third-order valence-corrected chi connectivity index (χ3v) is 1.29. The van der Waals surface area contributed by atoms with Gasteiger partial charge in [0, 0.05) is 12.8 Å². The zero-order valence-electron chi connectivity index (χ0n) is 8.90. The number of carboxylic acid groups (broad SMARTS) is 1. The SMILES string of the molecule is CCC(=O)C(=O)O.CCC(=O)C(=O)OC. The summed E-state index contributed by atoms with van der Waals surface area (Å²) in [5, 5.41) is 7.83. The van der Waals surface area contributed by atoms with Crippen LogP contribution in [0.4, 0.5) is 0 Å². The van der Waals surface area contributed by atoms with Gasteiger partial charge in [0.25, 0.3) is 0 Å². The Morgan fingerprint density at radius 2 is 1.40 bits per heavy atom. The second-order valence-electron chi connectivity index (χ2n) is 2.35. The molecule has 0 aromatic rings. The summed E-state index contributed by atoms with van der Waals surface area (Å²) in [5.74, 6) is -3.32. The standard InChI is InChI=1S/C5H8O3.C4H6O3/c1-3-4(6)5(7)8-2;1-2-3(5)4(6)7/h3H2,1-2H3;2H2,1H3,(H,6,7).